The third-order valence-electron chi connectivity index (χ3n) is 2.92. The fraction of sp³-hybridized carbons (Fsp3) is 0.286. The van der Waals surface area contributed by atoms with Crippen molar-refractivity contribution in [3.63, 3.8) is 0 Å². The highest BCUT2D eigenvalue weighted by Crippen LogP contribution is 2.19. The predicted octanol–water partition coefficient (Wildman–Crippen LogP) is 2.82. The van der Waals surface area contributed by atoms with E-state index in [1.807, 2.05) is 49.0 Å². The number of carboxylic acid groups (broad SMARTS) is 1. The molecule has 2 aromatic rings. The van der Waals surface area contributed by atoms with Gasteiger partial charge in [0.1, 0.15) is 0 Å². The van der Waals surface area contributed by atoms with Crippen molar-refractivity contribution < 1.29 is 9.90 Å². The number of benzene rings is 1. The van der Waals surface area contributed by atoms with Crippen molar-refractivity contribution in [2.45, 2.75) is 19.8 Å². The molecule has 0 amide bonds. The van der Waals surface area contributed by atoms with Gasteiger partial charge in [-0.1, -0.05) is 12.1 Å². The van der Waals surface area contributed by atoms with E-state index in [0.29, 0.717) is 0 Å². The van der Waals surface area contributed by atoms with Crippen LogP contribution in [-0.2, 0) is 11.8 Å². The van der Waals surface area contributed by atoms with Crippen LogP contribution in [0.2, 0.25) is 0 Å². The zero-order valence-electron chi connectivity index (χ0n) is 11.1. The molecule has 19 heavy (non-hydrogen) atoms. The van der Waals surface area contributed by atoms with E-state index < -0.39 is 11.9 Å². The van der Waals surface area contributed by atoms with Gasteiger partial charge in [-0.3, -0.25) is 4.79 Å². The van der Waals surface area contributed by atoms with Gasteiger partial charge in [-0.05, 0) is 31.5 Å². The minimum atomic E-state index is -0.815. The lowest BCUT2D eigenvalue weighted by molar-refractivity contribution is -0.138. The number of hydrogen-bond acceptors (Lipinski definition) is 3. The van der Waals surface area contributed by atoms with Crippen molar-refractivity contribution >= 4 is 23.0 Å². The summed E-state index contributed by atoms with van der Waals surface area (Å²) in [4.78, 5) is 17.6. The lowest BCUT2D eigenvalue weighted by Crippen LogP contribution is -2.08. The van der Waals surface area contributed by atoms with Crippen LogP contribution in [0.15, 0.2) is 35.5 Å². The highest BCUT2D eigenvalue weighted by molar-refractivity contribution is 7.09. The van der Waals surface area contributed by atoms with Crippen LogP contribution in [0.5, 0.6) is 0 Å². The molecule has 2 rings (SSSR count). The van der Waals surface area contributed by atoms with E-state index in [0.717, 1.165) is 16.1 Å². The molecule has 0 fully saturated rings. The fourth-order valence-electron chi connectivity index (χ4n) is 1.76. The van der Waals surface area contributed by atoms with Crippen LogP contribution in [0.25, 0.3) is 0 Å². The highest BCUT2D eigenvalue weighted by atomic mass is 32.1. The third kappa shape index (κ3) is 3.12. The first-order valence-electron chi connectivity index (χ1n) is 5.98. The van der Waals surface area contributed by atoms with E-state index in [2.05, 4.69) is 4.99 Å². The second-order valence-corrected chi connectivity index (χ2v) is 5.71. The van der Waals surface area contributed by atoms with Gasteiger partial charge in [0, 0.05) is 18.1 Å². The van der Waals surface area contributed by atoms with Gasteiger partial charge in [0.05, 0.1) is 11.6 Å². The summed E-state index contributed by atoms with van der Waals surface area (Å²) in [5.41, 5.74) is 1.62. The summed E-state index contributed by atoms with van der Waals surface area (Å²) in [7, 11) is 1.96. The molecule has 0 radical (unpaired) electrons. The SMILES string of the molecule is Cc1cn(C)/c(=N/c2ccc(C(C)C(=O)O)cc2)s1. The Morgan fingerprint density at radius 3 is 2.47 bits per heavy atom. The van der Waals surface area contributed by atoms with Crippen molar-refractivity contribution in [1.82, 2.24) is 4.57 Å². The van der Waals surface area contributed by atoms with Crippen LogP contribution in [-0.4, -0.2) is 15.6 Å². The van der Waals surface area contributed by atoms with E-state index in [-0.39, 0.29) is 0 Å². The Bertz CT molecular complexity index is 653. The fourth-order valence-corrected chi connectivity index (χ4v) is 2.61. The molecule has 0 saturated carbocycles. The van der Waals surface area contributed by atoms with Crippen molar-refractivity contribution in [2.24, 2.45) is 12.0 Å². The summed E-state index contributed by atoms with van der Waals surface area (Å²) in [5, 5.41) is 8.95. The monoisotopic (exact) mass is 276 g/mol. The standard InChI is InChI=1S/C14H16N2O2S/c1-9-8-16(3)14(19-9)15-12-6-4-11(5-7-12)10(2)13(17)18/h4-8,10H,1-3H3,(H,17,18)/b15-14-. The van der Waals surface area contributed by atoms with E-state index in [1.54, 1.807) is 18.3 Å². The van der Waals surface area contributed by atoms with Gasteiger partial charge in [-0.15, -0.1) is 11.3 Å². The molecule has 0 spiro atoms. The molecule has 1 aromatic carbocycles. The maximum Gasteiger partial charge on any atom is 0.310 e. The summed E-state index contributed by atoms with van der Waals surface area (Å²) >= 11 is 1.63. The van der Waals surface area contributed by atoms with E-state index >= 15 is 0 Å². The number of aromatic nitrogens is 1. The number of rotatable bonds is 3. The minimum absolute atomic E-state index is 0.492. The first-order chi connectivity index (χ1) is 8.97. The van der Waals surface area contributed by atoms with E-state index in [1.165, 1.54) is 4.88 Å². The molecule has 1 unspecified atom stereocenters. The number of carbonyl (C=O) groups is 1. The van der Waals surface area contributed by atoms with Gasteiger partial charge in [-0.25, -0.2) is 4.99 Å². The maximum atomic E-state index is 10.9. The Hall–Kier alpha value is -1.88. The first kappa shape index (κ1) is 13.5. The smallest absolute Gasteiger partial charge is 0.310 e. The number of hydrogen-bond donors (Lipinski definition) is 1. The Balaban J connectivity index is 2.31. The van der Waals surface area contributed by atoms with Crippen molar-refractivity contribution in [3.8, 4) is 0 Å². The van der Waals surface area contributed by atoms with E-state index in [4.69, 9.17) is 5.11 Å². The molecule has 100 valence electrons. The highest BCUT2D eigenvalue weighted by Gasteiger charge is 2.12. The summed E-state index contributed by atoms with van der Waals surface area (Å²) in [6.07, 6.45) is 2.03. The number of carboxylic acids is 1. The lowest BCUT2D eigenvalue weighted by atomic mass is 10.0. The molecule has 1 heterocycles. The molecule has 4 nitrogen and oxygen atoms in total. The Morgan fingerprint density at radius 2 is 2.00 bits per heavy atom. The van der Waals surface area contributed by atoms with Crippen LogP contribution in [0, 0.1) is 6.92 Å². The predicted molar refractivity (Wildman–Crippen MR) is 75.7 cm³/mol. The zero-order chi connectivity index (χ0) is 14.0. The molecule has 0 aliphatic rings. The molecule has 0 bridgehead atoms. The van der Waals surface area contributed by atoms with Crippen LogP contribution >= 0.6 is 11.3 Å². The molecule has 1 aromatic heterocycles. The van der Waals surface area contributed by atoms with Crippen LogP contribution in [0.4, 0.5) is 5.69 Å². The van der Waals surface area contributed by atoms with Gasteiger partial charge in [0.15, 0.2) is 4.80 Å². The van der Waals surface area contributed by atoms with Gasteiger partial charge in [0.25, 0.3) is 0 Å². The maximum absolute atomic E-state index is 10.9. The van der Waals surface area contributed by atoms with Gasteiger partial charge >= 0.3 is 5.97 Å². The second-order valence-electron chi connectivity index (χ2n) is 4.50. The number of thiazole rings is 1. The first-order valence-corrected chi connectivity index (χ1v) is 6.79. The topological polar surface area (TPSA) is 54.6 Å². The summed E-state index contributed by atoms with van der Waals surface area (Å²) < 4.78 is 1.98. The number of nitrogens with zero attached hydrogens (tertiary/aromatic N) is 2. The van der Waals surface area contributed by atoms with Gasteiger partial charge in [-0.2, -0.15) is 0 Å². The minimum Gasteiger partial charge on any atom is -0.481 e. The summed E-state index contributed by atoms with van der Waals surface area (Å²) in [6, 6.07) is 7.34. The quantitative estimate of drug-likeness (QED) is 0.937. The molecule has 0 aliphatic carbocycles. The molecular weight excluding hydrogens is 260 g/mol. The third-order valence-corrected chi connectivity index (χ3v) is 3.91. The Labute approximate surface area is 115 Å². The van der Waals surface area contributed by atoms with Gasteiger partial charge < -0.3 is 9.67 Å². The summed E-state index contributed by atoms with van der Waals surface area (Å²) in [5.74, 6) is -1.31. The van der Waals surface area contributed by atoms with E-state index in [9.17, 15) is 4.79 Å². The lowest BCUT2D eigenvalue weighted by Gasteiger charge is -2.05. The molecule has 0 saturated heterocycles. The molecule has 0 aliphatic heterocycles. The van der Waals surface area contributed by atoms with Crippen molar-refractivity contribution in [1.29, 1.82) is 0 Å². The largest absolute Gasteiger partial charge is 0.481 e. The molecule has 1 atom stereocenters. The normalized spacial score (nSPS) is 13.5. The molecular formula is C14H16N2O2S. The average molecular weight is 276 g/mol. The second kappa shape index (κ2) is 5.40. The summed E-state index contributed by atoms with van der Waals surface area (Å²) in [6.45, 7) is 3.72. The van der Waals surface area contributed by atoms with Crippen LogP contribution in [0.3, 0.4) is 0 Å². The van der Waals surface area contributed by atoms with Crippen molar-refractivity contribution in [3.05, 3.63) is 45.7 Å². The average Bonchev–Trinajstić information content (AvgIpc) is 2.68. The Kier molecular flexibility index (Phi) is 3.85. The zero-order valence-corrected chi connectivity index (χ0v) is 11.9. The Morgan fingerprint density at radius 1 is 1.37 bits per heavy atom. The molecule has 1 N–H and O–H groups in total. The number of aryl methyl sites for hydroxylation is 2. The van der Waals surface area contributed by atoms with Crippen LogP contribution in [0.1, 0.15) is 23.3 Å². The van der Waals surface area contributed by atoms with Gasteiger partial charge in [0.2, 0.25) is 0 Å². The van der Waals surface area contributed by atoms with Crippen LogP contribution < -0.4 is 4.80 Å². The number of aliphatic carboxylic acids is 1. The van der Waals surface area contributed by atoms with Crippen molar-refractivity contribution in [2.75, 3.05) is 0 Å². The molecule has 5 heteroatoms.